The number of aromatic nitrogens is 1. The number of benzene rings is 1. The lowest BCUT2D eigenvalue weighted by Crippen LogP contribution is -1.85. The molecule has 2 nitrogen and oxygen atoms in total. The van der Waals surface area contributed by atoms with Crippen molar-refractivity contribution in [3.8, 4) is 0 Å². The maximum Gasteiger partial charge on any atom is 0.181 e. The summed E-state index contributed by atoms with van der Waals surface area (Å²) < 4.78 is 5.20. The van der Waals surface area contributed by atoms with Gasteiger partial charge in [-0.2, -0.15) is 0 Å². The Morgan fingerprint density at radius 3 is 2.25 bits per heavy atom. The fraction of sp³-hybridized carbons (Fsp3) is 0.500. The Kier molecular flexibility index (Phi) is 7.27. The van der Waals surface area contributed by atoms with Gasteiger partial charge in [-0.1, -0.05) is 47.6 Å². The molecule has 2 heteroatoms. The van der Waals surface area contributed by atoms with Crippen LogP contribution in [0.5, 0.6) is 0 Å². The molecular weight excluding hydrogens is 198 g/mol. The third-order valence-corrected chi connectivity index (χ3v) is 2.02. The van der Waals surface area contributed by atoms with Crippen molar-refractivity contribution in [1.29, 1.82) is 0 Å². The van der Waals surface area contributed by atoms with E-state index in [-0.39, 0.29) is 0 Å². The van der Waals surface area contributed by atoms with Crippen molar-refractivity contribution in [2.75, 3.05) is 0 Å². The Morgan fingerprint density at radius 1 is 1.06 bits per heavy atom. The van der Waals surface area contributed by atoms with Gasteiger partial charge in [0.05, 0.1) is 0 Å². The van der Waals surface area contributed by atoms with Gasteiger partial charge in [0.25, 0.3) is 0 Å². The average Bonchev–Trinajstić information content (AvgIpc) is 2.81. The largest absolute Gasteiger partial charge is 0.443 e. The van der Waals surface area contributed by atoms with Crippen molar-refractivity contribution >= 4 is 11.1 Å². The van der Waals surface area contributed by atoms with E-state index in [2.05, 4.69) is 24.9 Å². The van der Waals surface area contributed by atoms with Crippen molar-refractivity contribution in [2.24, 2.45) is 0 Å². The second-order valence-electron chi connectivity index (χ2n) is 3.23. The first kappa shape index (κ1) is 14.7. The molecule has 0 saturated heterocycles. The highest BCUT2D eigenvalue weighted by Crippen LogP contribution is 2.19. The van der Waals surface area contributed by atoms with Gasteiger partial charge in [0.15, 0.2) is 12.0 Å². The molecule has 0 aliphatic heterocycles. The minimum Gasteiger partial charge on any atom is -0.443 e. The van der Waals surface area contributed by atoms with Crippen LogP contribution in [0.3, 0.4) is 0 Å². The summed E-state index contributed by atoms with van der Waals surface area (Å²) >= 11 is 0. The van der Waals surface area contributed by atoms with Gasteiger partial charge in [0, 0.05) is 0 Å². The van der Waals surface area contributed by atoms with Gasteiger partial charge in [0.1, 0.15) is 5.52 Å². The summed E-state index contributed by atoms with van der Waals surface area (Å²) in [7, 11) is 0. The van der Waals surface area contributed by atoms with Crippen molar-refractivity contribution in [2.45, 2.75) is 47.5 Å². The first-order valence-electron chi connectivity index (χ1n) is 6.10. The van der Waals surface area contributed by atoms with Crippen molar-refractivity contribution in [1.82, 2.24) is 4.98 Å². The summed E-state index contributed by atoms with van der Waals surface area (Å²) in [4.78, 5) is 4.05. The molecule has 0 unspecified atom stereocenters. The molecule has 0 aliphatic carbocycles. The summed E-state index contributed by atoms with van der Waals surface area (Å²) in [6.07, 6.45) is 1.48. The van der Waals surface area contributed by atoms with Crippen molar-refractivity contribution in [3.63, 3.8) is 0 Å². The van der Waals surface area contributed by atoms with Crippen LogP contribution in [-0.4, -0.2) is 4.98 Å². The Bertz CT molecular complexity index is 390. The van der Waals surface area contributed by atoms with Gasteiger partial charge in [-0.3, -0.25) is 0 Å². The van der Waals surface area contributed by atoms with Crippen LogP contribution in [0.2, 0.25) is 0 Å². The number of rotatable bonds is 1. The van der Waals surface area contributed by atoms with E-state index in [4.69, 9.17) is 4.42 Å². The summed E-state index contributed by atoms with van der Waals surface area (Å²) in [5.74, 6) is 0.541. The number of hydrogen-bond acceptors (Lipinski definition) is 2. The highest BCUT2D eigenvalue weighted by molar-refractivity contribution is 5.72. The normalized spacial score (nSPS) is 9.19. The van der Waals surface area contributed by atoms with Crippen LogP contribution in [0.4, 0.5) is 0 Å². The summed E-state index contributed by atoms with van der Waals surface area (Å²) in [6.45, 7) is 12.3. The minimum absolute atomic E-state index is 0.541. The predicted octanol–water partition coefficient (Wildman–Crippen LogP) is 5.00. The fourth-order valence-corrected chi connectivity index (χ4v) is 1.23. The molecule has 0 spiro atoms. The molecule has 1 aromatic carbocycles. The zero-order valence-electron chi connectivity index (χ0n) is 11.2. The second kappa shape index (κ2) is 7.91. The van der Waals surface area contributed by atoms with Gasteiger partial charge < -0.3 is 4.42 Å². The average molecular weight is 221 g/mol. The van der Waals surface area contributed by atoms with E-state index in [1.165, 1.54) is 12.0 Å². The zero-order valence-corrected chi connectivity index (χ0v) is 11.2. The number of oxazole rings is 1. The van der Waals surface area contributed by atoms with Crippen LogP contribution in [0, 0.1) is 0 Å². The lowest BCUT2D eigenvalue weighted by molar-refractivity contribution is 0.601. The zero-order chi connectivity index (χ0) is 12.6. The molecule has 0 N–H and O–H groups in total. The Labute approximate surface area is 98.7 Å². The lowest BCUT2D eigenvalue weighted by atomic mass is 10.0. The first-order valence-corrected chi connectivity index (χ1v) is 6.10. The lowest BCUT2D eigenvalue weighted by Gasteiger charge is -2.02. The quantitative estimate of drug-likeness (QED) is 0.677. The Balaban J connectivity index is 0.000000509. The summed E-state index contributed by atoms with van der Waals surface area (Å²) in [5, 5.41) is 0. The highest BCUT2D eigenvalue weighted by Gasteiger charge is 2.02. The molecule has 0 amide bonds. The highest BCUT2D eigenvalue weighted by atomic mass is 16.3. The third kappa shape index (κ3) is 3.69. The number of hydrogen-bond donors (Lipinski definition) is 0. The molecule has 0 aliphatic rings. The van der Waals surface area contributed by atoms with Gasteiger partial charge >= 0.3 is 0 Å². The molecule has 90 valence electrons. The van der Waals surface area contributed by atoms with Gasteiger partial charge in [0.2, 0.25) is 0 Å². The molecule has 2 aromatic rings. The molecule has 1 heterocycles. The van der Waals surface area contributed by atoms with Crippen LogP contribution in [0.25, 0.3) is 11.1 Å². The number of nitrogens with zero attached hydrogens (tertiary/aromatic N) is 1. The molecule has 0 fully saturated rings. The van der Waals surface area contributed by atoms with Crippen LogP contribution >= 0.6 is 0 Å². The maximum absolute atomic E-state index is 5.20. The fourth-order valence-electron chi connectivity index (χ4n) is 1.23. The van der Waals surface area contributed by atoms with E-state index in [9.17, 15) is 0 Å². The van der Waals surface area contributed by atoms with E-state index >= 15 is 0 Å². The van der Waals surface area contributed by atoms with Crippen LogP contribution < -0.4 is 0 Å². The van der Waals surface area contributed by atoms with Gasteiger partial charge in [-0.25, -0.2) is 4.98 Å². The first-order chi connectivity index (χ1) is 7.77. The SMILES string of the molecule is CC.CC.CC(C)c1ccc2ncoc2c1. The molecule has 1 aromatic heterocycles. The molecule has 0 saturated carbocycles. The van der Waals surface area contributed by atoms with E-state index in [1.54, 1.807) is 0 Å². The smallest absolute Gasteiger partial charge is 0.181 e. The molecule has 0 radical (unpaired) electrons. The van der Waals surface area contributed by atoms with Crippen molar-refractivity contribution < 1.29 is 4.42 Å². The minimum atomic E-state index is 0.541. The van der Waals surface area contributed by atoms with Gasteiger partial charge in [-0.05, 0) is 23.6 Å². The third-order valence-electron chi connectivity index (χ3n) is 2.02. The van der Waals surface area contributed by atoms with Gasteiger partial charge in [-0.15, -0.1) is 0 Å². The summed E-state index contributed by atoms with van der Waals surface area (Å²) in [5.41, 5.74) is 3.10. The number of fused-ring (bicyclic) bond motifs is 1. The molecule has 0 bridgehead atoms. The van der Waals surface area contributed by atoms with E-state index in [0.717, 1.165) is 11.1 Å². The van der Waals surface area contributed by atoms with Crippen molar-refractivity contribution in [3.05, 3.63) is 30.2 Å². The molecule has 0 atom stereocenters. The molecule has 16 heavy (non-hydrogen) atoms. The second-order valence-corrected chi connectivity index (χ2v) is 3.23. The van der Waals surface area contributed by atoms with Crippen LogP contribution in [0.1, 0.15) is 53.0 Å². The van der Waals surface area contributed by atoms with Crippen LogP contribution in [0.15, 0.2) is 29.0 Å². The topological polar surface area (TPSA) is 26.0 Å². The van der Waals surface area contributed by atoms with E-state index < -0.39 is 0 Å². The Morgan fingerprint density at radius 2 is 1.69 bits per heavy atom. The standard InChI is InChI=1S/C10H11NO.2C2H6/c1-7(2)8-3-4-9-10(5-8)12-6-11-9;2*1-2/h3-7H,1-2H3;2*1-2H3. The molecular formula is C14H23NO. The predicted molar refractivity (Wildman–Crippen MR) is 70.8 cm³/mol. The molecule has 2 rings (SSSR count). The van der Waals surface area contributed by atoms with Crippen LogP contribution in [-0.2, 0) is 0 Å². The summed E-state index contributed by atoms with van der Waals surface area (Å²) in [6, 6.07) is 6.14. The maximum atomic E-state index is 5.20. The monoisotopic (exact) mass is 221 g/mol. The van der Waals surface area contributed by atoms with E-state index in [1.807, 2.05) is 39.8 Å². The van der Waals surface area contributed by atoms with E-state index in [0.29, 0.717) is 5.92 Å². The Hall–Kier alpha value is -1.31.